The van der Waals surface area contributed by atoms with Gasteiger partial charge in [0.05, 0.1) is 26.9 Å². The summed E-state index contributed by atoms with van der Waals surface area (Å²) in [5.74, 6) is 6.33. The summed E-state index contributed by atoms with van der Waals surface area (Å²) in [6.45, 7) is 0. The molecule has 3 heteroatoms. The first-order valence-corrected chi connectivity index (χ1v) is 4.49. The van der Waals surface area contributed by atoms with Gasteiger partial charge >= 0.3 is 0 Å². The molecule has 1 aromatic rings. The van der Waals surface area contributed by atoms with E-state index in [2.05, 4.69) is 11.8 Å². The minimum atomic E-state index is 0.414. The summed E-state index contributed by atoms with van der Waals surface area (Å²) in [6.07, 6.45) is 10.8. The fraction of sp³-hybridized carbons (Fsp3) is 0.231. The predicted molar refractivity (Wildman–Crippen MR) is 62.0 cm³/mol. The molecule has 0 aromatic heterocycles. The van der Waals surface area contributed by atoms with Gasteiger partial charge in [0.1, 0.15) is 0 Å². The van der Waals surface area contributed by atoms with Crippen molar-refractivity contribution in [2.45, 2.75) is 0 Å². The van der Waals surface area contributed by atoms with Crippen LogP contribution >= 0.6 is 0 Å². The first-order valence-electron chi connectivity index (χ1n) is 4.49. The summed E-state index contributed by atoms with van der Waals surface area (Å²) < 4.78 is 15.5. The van der Waals surface area contributed by atoms with E-state index in [4.69, 9.17) is 27.1 Å². The van der Waals surface area contributed by atoms with Crippen LogP contribution in [0, 0.1) is 24.7 Å². The van der Waals surface area contributed by atoms with Gasteiger partial charge in [-0.15, -0.1) is 12.8 Å². The maximum Gasteiger partial charge on any atom is 0.204 e. The van der Waals surface area contributed by atoms with Crippen molar-refractivity contribution in [3.63, 3.8) is 0 Å². The Bertz CT molecular complexity index is 475. The second-order valence-electron chi connectivity index (χ2n) is 2.86. The lowest BCUT2D eigenvalue weighted by Gasteiger charge is -2.14. The summed E-state index contributed by atoms with van der Waals surface area (Å²) in [7, 11) is 4.53. The van der Waals surface area contributed by atoms with Crippen LogP contribution in [0.1, 0.15) is 11.1 Å². The van der Waals surface area contributed by atoms with Gasteiger partial charge in [-0.3, -0.25) is 0 Å². The SMILES string of the molecule is C#Cc1cc(OC)c(OC)c(OC)c1C#C. The molecular formula is C13H12O3. The second-order valence-corrected chi connectivity index (χ2v) is 2.86. The number of rotatable bonds is 3. The zero-order valence-electron chi connectivity index (χ0n) is 9.46. The molecule has 1 rings (SSSR count). The van der Waals surface area contributed by atoms with E-state index < -0.39 is 0 Å². The normalized spacial score (nSPS) is 8.81. The van der Waals surface area contributed by atoms with Gasteiger partial charge in [-0.2, -0.15) is 0 Å². The molecular weight excluding hydrogens is 204 g/mol. The van der Waals surface area contributed by atoms with E-state index >= 15 is 0 Å². The van der Waals surface area contributed by atoms with E-state index in [9.17, 15) is 0 Å². The third-order valence-corrected chi connectivity index (χ3v) is 2.13. The average Bonchev–Trinajstić information content (AvgIpc) is 2.35. The van der Waals surface area contributed by atoms with Crippen LogP contribution in [0.4, 0.5) is 0 Å². The van der Waals surface area contributed by atoms with Crippen LogP contribution in [-0.2, 0) is 0 Å². The van der Waals surface area contributed by atoms with E-state index in [1.807, 2.05) is 0 Å². The van der Waals surface area contributed by atoms with Gasteiger partial charge < -0.3 is 14.2 Å². The summed E-state index contributed by atoms with van der Waals surface area (Å²) in [4.78, 5) is 0. The Morgan fingerprint density at radius 3 is 1.94 bits per heavy atom. The molecule has 16 heavy (non-hydrogen) atoms. The highest BCUT2D eigenvalue weighted by Crippen LogP contribution is 2.41. The van der Waals surface area contributed by atoms with Crippen LogP contribution in [-0.4, -0.2) is 21.3 Å². The van der Waals surface area contributed by atoms with Crippen molar-refractivity contribution in [1.82, 2.24) is 0 Å². The Morgan fingerprint density at radius 2 is 1.56 bits per heavy atom. The van der Waals surface area contributed by atoms with Crippen molar-refractivity contribution in [3.05, 3.63) is 17.2 Å². The van der Waals surface area contributed by atoms with E-state index in [1.54, 1.807) is 6.07 Å². The highest BCUT2D eigenvalue weighted by atomic mass is 16.5. The van der Waals surface area contributed by atoms with Gasteiger partial charge in [-0.05, 0) is 0 Å². The molecule has 82 valence electrons. The van der Waals surface area contributed by atoms with E-state index in [-0.39, 0.29) is 0 Å². The van der Waals surface area contributed by atoms with Crippen molar-refractivity contribution in [2.75, 3.05) is 21.3 Å². The average molecular weight is 216 g/mol. The number of terminal acetylenes is 2. The Hall–Kier alpha value is -2.26. The summed E-state index contributed by atoms with van der Waals surface area (Å²) in [5, 5.41) is 0. The lowest BCUT2D eigenvalue weighted by atomic mass is 10.1. The maximum atomic E-state index is 5.40. The molecule has 0 spiro atoms. The Kier molecular flexibility index (Phi) is 3.69. The van der Waals surface area contributed by atoms with Crippen LogP contribution < -0.4 is 14.2 Å². The zero-order valence-corrected chi connectivity index (χ0v) is 9.46. The summed E-state index contributed by atoms with van der Waals surface area (Å²) in [6, 6.07) is 1.65. The van der Waals surface area contributed by atoms with Gasteiger partial charge in [-0.25, -0.2) is 0 Å². The monoisotopic (exact) mass is 216 g/mol. The van der Waals surface area contributed by atoms with Gasteiger partial charge in [0, 0.05) is 11.6 Å². The molecule has 0 radical (unpaired) electrons. The lowest BCUT2D eigenvalue weighted by Crippen LogP contribution is -1.99. The molecule has 0 saturated heterocycles. The molecule has 0 atom stereocenters. The molecule has 0 amide bonds. The Labute approximate surface area is 95.3 Å². The Morgan fingerprint density at radius 1 is 0.938 bits per heavy atom. The van der Waals surface area contributed by atoms with Gasteiger partial charge in [0.2, 0.25) is 5.75 Å². The molecule has 0 bridgehead atoms. The second kappa shape index (κ2) is 5.00. The Balaban J connectivity index is 3.64. The number of ether oxygens (including phenoxy) is 3. The summed E-state index contributed by atoms with van der Waals surface area (Å²) in [5.41, 5.74) is 1.03. The molecule has 0 aliphatic heterocycles. The molecule has 0 aliphatic rings. The fourth-order valence-corrected chi connectivity index (χ4v) is 1.41. The van der Waals surface area contributed by atoms with Crippen molar-refractivity contribution in [2.24, 2.45) is 0 Å². The molecule has 0 saturated carbocycles. The fourth-order valence-electron chi connectivity index (χ4n) is 1.41. The molecule has 3 nitrogen and oxygen atoms in total. The predicted octanol–water partition coefficient (Wildman–Crippen LogP) is 1.68. The molecule has 1 aromatic carbocycles. The van der Waals surface area contributed by atoms with Crippen LogP contribution in [0.15, 0.2) is 6.07 Å². The highest BCUT2D eigenvalue weighted by molar-refractivity contribution is 5.67. The molecule has 0 heterocycles. The largest absolute Gasteiger partial charge is 0.493 e. The highest BCUT2D eigenvalue weighted by Gasteiger charge is 2.18. The molecule has 0 unspecified atom stereocenters. The minimum Gasteiger partial charge on any atom is -0.493 e. The number of hydrogen-bond acceptors (Lipinski definition) is 3. The standard InChI is InChI=1S/C13H12O3/c1-6-9-8-11(14-3)13(16-5)12(15-4)10(9)7-2/h1-2,8H,3-5H3. The van der Waals surface area contributed by atoms with Gasteiger partial charge in [0.25, 0.3) is 0 Å². The number of hydrogen-bond donors (Lipinski definition) is 0. The van der Waals surface area contributed by atoms with Crippen molar-refractivity contribution < 1.29 is 14.2 Å². The molecule has 0 fully saturated rings. The quantitative estimate of drug-likeness (QED) is 0.719. The topological polar surface area (TPSA) is 27.7 Å². The maximum absolute atomic E-state index is 5.40. The number of benzene rings is 1. The third kappa shape index (κ3) is 1.76. The first kappa shape index (κ1) is 11.8. The third-order valence-electron chi connectivity index (χ3n) is 2.13. The van der Waals surface area contributed by atoms with Crippen LogP contribution in [0.25, 0.3) is 0 Å². The smallest absolute Gasteiger partial charge is 0.204 e. The van der Waals surface area contributed by atoms with Crippen LogP contribution in [0.5, 0.6) is 17.2 Å². The molecule has 0 aliphatic carbocycles. The van der Waals surface area contributed by atoms with Crippen molar-refractivity contribution in [1.29, 1.82) is 0 Å². The van der Waals surface area contributed by atoms with Crippen LogP contribution in [0.3, 0.4) is 0 Å². The van der Waals surface area contributed by atoms with E-state index in [0.29, 0.717) is 28.4 Å². The van der Waals surface area contributed by atoms with Gasteiger partial charge in [0.15, 0.2) is 11.5 Å². The van der Waals surface area contributed by atoms with E-state index in [1.165, 1.54) is 21.3 Å². The van der Waals surface area contributed by atoms with Crippen molar-refractivity contribution >= 4 is 0 Å². The first-order chi connectivity index (χ1) is 7.73. The van der Waals surface area contributed by atoms with Gasteiger partial charge in [-0.1, -0.05) is 11.8 Å². The summed E-state index contributed by atoms with van der Waals surface area (Å²) >= 11 is 0. The minimum absolute atomic E-state index is 0.414. The zero-order chi connectivity index (χ0) is 12.1. The van der Waals surface area contributed by atoms with Crippen LogP contribution in [0.2, 0.25) is 0 Å². The lowest BCUT2D eigenvalue weighted by molar-refractivity contribution is 0.323. The van der Waals surface area contributed by atoms with Crippen molar-refractivity contribution in [3.8, 4) is 41.9 Å². The van der Waals surface area contributed by atoms with E-state index in [0.717, 1.165) is 0 Å². The number of methoxy groups -OCH3 is 3. The molecule has 0 N–H and O–H groups in total.